The molecule has 6 nitrogen and oxygen atoms in total. The zero-order chi connectivity index (χ0) is 20.5. The van der Waals surface area contributed by atoms with Crippen LogP contribution in [0, 0.1) is 12.8 Å². The van der Waals surface area contributed by atoms with Crippen LogP contribution in [0.5, 0.6) is 5.75 Å². The van der Waals surface area contributed by atoms with Gasteiger partial charge in [0.15, 0.2) is 5.11 Å². The lowest BCUT2D eigenvalue weighted by molar-refractivity contribution is 0.0934. The van der Waals surface area contributed by atoms with Crippen molar-refractivity contribution in [1.29, 1.82) is 0 Å². The first kappa shape index (κ1) is 21.4. The Morgan fingerprint density at radius 2 is 1.50 bits per heavy atom. The Kier molecular flexibility index (Phi) is 7.95. The molecule has 0 fully saturated rings. The molecule has 0 bridgehead atoms. The van der Waals surface area contributed by atoms with Crippen molar-refractivity contribution < 1.29 is 14.3 Å². The van der Waals surface area contributed by atoms with Crippen LogP contribution in [-0.4, -0.2) is 23.5 Å². The van der Waals surface area contributed by atoms with E-state index in [4.69, 9.17) is 17.0 Å². The number of ether oxygens (including phenoxy) is 1. The monoisotopic (exact) mass is 399 g/mol. The van der Waals surface area contributed by atoms with E-state index in [1.165, 1.54) is 0 Å². The maximum Gasteiger partial charge on any atom is 0.269 e. The third-order valence-corrected chi connectivity index (χ3v) is 4.11. The predicted octanol–water partition coefficient (Wildman–Crippen LogP) is 3.37. The number of rotatable bonds is 6. The third-order valence-electron chi connectivity index (χ3n) is 3.91. The first-order valence-corrected chi connectivity index (χ1v) is 9.47. The Labute approximate surface area is 170 Å². The van der Waals surface area contributed by atoms with Crippen molar-refractivity contribution in [3.8, 4) is 5.75 Å². The lowest BCUT2D eigenvalue weighted by Gasteiger charge is -2.11. The summed E-state index contributed by atoms with van der Waals surface area (Å²) in [5, 5.41) is 2.52. The predicted molar refractivity (Wildman–Crippen MR) is 113 cm³/mol. The Hall–Kier alpha value is -2.93. The van der Waals surface area contributed by atoms with Gasteiger partial charge in [-0.25, -0.2) is 0 Å². The molecule has 2 aromatic rings. The molecule has 0 aliphatic heterocycles. The van der Waals surface area contributed by atoms with E-state index in [0.29, 0.717) is 29.4 Å². The highest BCUT2D eigenvalue weighted by Crippen LogP contribution is 2.13. The molecule has 0 heterocycles. The summed E-state index contributed by atoms with van der Waals surface area (Å²) < 4.78 is 5.63. The largest absolute Gasteiger partial charge is 0.494 e. The van der Waals surface area contributed by atoms with Gasteiger partial charge in [-0.1, -0.05) is 31.5 Å². The van der Waals surface area contributed by atoms with Crippen molar-refractivity contribution in [2.45, 2.75) is 27.2 Å². The maximum atomic E-state index is 12.2. The number of hydrogen-bond donors (Lipinski definition) is 3. The molecule has 0 aliphatic carbocycles. The van der Waals surface area contributed by atoms with E-state index in [1.54, 1.807) is 36.4 Å². The second-order valence-corrected chi connectivity index (χ2v) is 7.19. The highest BCUT2D eigenvalue weighted by atomic mass is 32.1. The van der Waals surface area contributed by atoms with Gasteiger partial charge in [-0.2, -0.15) is 0 Å². The number of thiocarbonyl (C=S) groups is 1. The smallest absolute Gasteiger partial charge is 0.269 e. The molecule has 148 valence electrons. The molecule has 0 unspecified atom stereocenters. The minimum Gasteiger partial charge on any atom is -0.494 e. The molecular weight excluding hydrogens is 374 g/mol. The molecule has 0 atom stereocenters. The van der Waals surface area contributed by atoms with Crippen LogP contribution < -0.4 is 20.9 Å². The minimum absolute atomic E-state index is 0.00700. The molecule has 2 aromatic carbocycles. The summed E-state index contributed by atoms with van der Waals surface area (Å²) in [7, 11) is 0. The van der Waals surface area contributed by atoms with Gasteiger partial charge < -0.3 is 4.74 Å². The fourth-order valence-electron chi connectivity index (χ4n) is 2.21. The van der Waals surface area contributed by atoms with Crippen LogP contribution in [0.2, 0.25) is 0 Å². The molecule has 0 spiro atoms. The highest BCUT2D eigenvalue weighted by molar-refractivity contribution is 7.80. The highest BCUT2D eigenvalue weighted by Gasteiger charge is 2.09. The van der Waals surface area contributed by atoms with Gasteiger partial charge in [-0.15, -0.1) is 0 Å². The van der Waals surface area contributed by atoms with Crippen LogP contribution >= 0.6 is 12.2 Å². The zero-order valence-corrected chi connectivity index (χ0v) is 17.1. The summed E-state index contributed by atoms with van der Waals surface area (Å²) in [6, 6.07) is 13.9. The van der Waals surface area contributed by atoms with Crippen molar-refractivity contribution in [2.75, 3.05) is 6.61 Å². The quantitative estimate of drug-likeness (QED) is 0.513. The van der Waals surface area contributed by atoms with E-state index >= 15 is 0 Å². The number of nitrogens with one attached hydrogen (secondary N) is 3. The molecule has 2 rings (SSSR count). The van der Waals surface area contributed by atoms with E-state index in [0.717, 1.165) is 12.0 Å². The molecule has 0 saturated heterocycles. The Morgan fingerprint density at radius 3 is 2.11 bits per heavy atom. The van der Waals surface area contributed by atoms with Gasteiger partial charge in [0.05, 0.1) is 6.61 Å². The zero-order valence-electron chi connectivity index (χ0n) is 16.2. The molecule has 0 radical (unpaired) electrons. The SMILES string of the molecule is Cc1ccc(C(=O)NC(=S)NNC(=O)c2ccc(OCCC(C)C)cc2)cc1. The van der Waals surface area contributed by atoms with Gasteiger partial charge in [-0.05, 0) is 67.9 Å². The van der Waals surface area contributed by atoms with Crippen LogP contribution in [-0.2, 0) is 0 Å². The van der Waals surface area contributed by atoms with E-state index in [1.807, 2.05) is 19.1 Å². The first-order valence-electron chi connectivity index (χ1n) is 9.06. The van der Waals surface area contributed by atoms with Crippen molar-refractivity contribution >= 4 is 29.1 Å². The molecule has 28 heavy (non-hydrogen) atoms. The molecule has 7 heteroatoms. The summed E-state index contributed by atoms with van der Waals surface area (Å²) in [4.78, 5) is 24.3. The molecule has 3 N–H and O–H groups in total. The lowest BCUT2D eigenvalue weighted by Crippen LogP contribution is -2.48. The fraction of sp³-hybridized carbons (Fsp3) is 0.286. The third kappa shape index (κ3) is 7.00. The molecule has 0 aromatic heterocycles. The summed E-state index contributed by atoms with van der Waals surface area (Å²) in [5.41, 5.74) is 6.96. The number of hydrogen-bond acceptors (Lipinski definition) is 4. The second-order valence-electron chi connectivity index (χ2n) is 6.78. The number of benzene rings is 2. The van der Waals surface area contributed by atoms with Gasteiger partial charge in [0.1, 0.15) is 5.75 Å². The van der Waals surface area contributed by atoms with E-state index in [-0.39, 0.29) is 16.9 Å². The topological polar surface area (TPSA) is 79.5 Å². The summed E-state index contributed by atoms with van der Waals surface area (Å²) in [6.07, 6.45) is 0.970. The summed E-state index contributed by atoms with van der Waals surface area (Å²) >= 11 is 5.04. The standard InChI is InChI=1S/C21H25N3O3S/c1-14(2)12-13-27-18-10-8-17(9-11-18)20(26)23-24-21(28)22-19(25)16-6-4-15(3)5-7-16/h4-11,14H,12-13H2,1-3H3,(H,23,26)(H2,22,24,25,28). The summed E-state index contributed by atoms with van der Waals surface area (Å²) in [6.45, 7) is 6.85. The van der Waals surface area contributed by atoms with Crippen molar-refractivity contribution in [2.24, 2.45) is 5.92 Å². The average Bonchev–Trinajstić information content (AvgIpc) is 2.67. The Morgan fingerprint density at radius 1 is 0.929 bits per heavy atom. The number of hydrazine groups is 1. The number of carbonyl (C=O) groups excluding carboxylic acids is 2. The average molecular weight is 400 g/mol. The lowest BCUT2D eigenvalue weighted by atomic mass is 10.1. The first-order chi connectivity index (χ1) is 13.3. The van der Waals surface area contributed by atoms with Gasteiger partial charge in [0.2, 0.25) is 0 Å². The Bertz CT molecular complexity index is 818. The number of amides is 2. The van der Waals surface area contributed by atoms with Gasteiger partial charge in [0, 0.05) is 11.1 Å². The van der Waals surface area contributed by atoms with Gasteiger partial charge >= 0.3 is 0 Å². The molecular formula is C21H25N3O3S. The number of aryl methyl sites for hydroxylation is 1. The molecule has 0 saturated carbocycles. The second kappa shape index (κ2) is 10.4. The van der Waals surface area contributed by atoms with Gasteiger partial charge in [-0.3, -0.25) is 25.8 Å². The molecule has 0 aliphatic rings. The van der Waals surface area contributed by atoms with Gasteiger partial charge in [0.25, 0.3) is 11.8 Å². The van der Waals surface area contributed by atoms with Crippen molar-refractivity contribution in [1.82, 2.24) is 16.2 Å². The number of carbonyl (C=O) groups is 2. The van der Waals surface area contributed by atoms with Crippen LogP contribution in [0.15, 0.2) is 48.5 Å². The minimum atomic E-state index is -0.374. The fourth-order valence-corrected chi connectivity index (χ4v) is 2.36. The van der Waals surface area contributed by atoms with Crippen molar-refractivity contribution in [3.63, 3.8) is 0 Å². The van der Waals surface area contributed by atoms with Crippen LogP contribution in [0.25, 0.3) is 0 Å². The van der Waals surface area contributed by atoms with E-state index < -0.39 is 0 Å². The van der Waals surface area contributed by atoms with E-state index in [2.05, 4.69) is 30.0 Å². The summed E-state index contributed by atoms with van der Waals surface area (Å²) in [5.74, 6) is 0.563. The van der Waals surface area contributed by atoms with Crippen LogP contribution in [0.1, 0.15) is 46.5 Å². The molecule has 2 amide bonds. The maximum absolute atomic E-state index is 12.2. The van der Waals surface area contributed by atoms with Crippen LogP contribution in [0.4, 0.5) is 0 Å². The van der Waals surface area contributed by atoms with Crippen LogP contribution in [0.3, 0.4) is 0 Å². The van der Waals surface area contributed by atoms with Crippen molar-refractivity contribution in [3.05, 3.63) is 65.2 Å². The normalized spacial score (nSPS) is 10.3. The van der Waals surface area contributed by atoms with E-state index in [9.17, 15) is 9.59 Å². The Balaban J connectivity index is 1.78.